The van der Waals surface area contributed by atoms with E-state index in [0.717, 1.165) is 5.56 Å². The monoisotopic (exact) mass is 340 g/mol. The number of amides is 1. The van der Waals surface area contributed by atoms with Crippen molar-refractivity contribution in [1.82, 2.24) is 9.88 Å². The number of ether oxygens (including phenoxy) is 1. The first-order valence-electron chi connectivity index (χ1n) is 7.74. The lowest BCUT2D eigenvalue weighted by atomic mass is 10.1. The molecular formula is C16H24N2O4S. The third kappa shape index (κ3) is 4.43. The van der Waals surface area contributed by atoms with Crippen molar-refractivity contribution >= 4 is 15.9 Å². The lowest BCUT2D eigenvalue weighted by Crippen LogP contribution is -2.47. The van der Waals surface area contributed by atoms with Crippen LogP contribution in [-0.2, 0) is 14.6 Å². The number of nitrogens with zero attached hydrogens (tertiary/aromatic N) is 2. The molecule has 0 unspecified atom stereocenters. The van der Waals surface area contributed by atoms with Gasteiger partial charge in [0, 0.05) is 19.3 Å². The van der Waals surface area contributed by atoms with E-state index in [1.54, 1.807) is 32.9 Å². The lowest BCUT2D eigenvalue weighted by Gasteiger charge is -2.33. The van der Waals surface area contributed by atoms with Gasteiger partial charge in [0.2, 0.25) is 0 Å². The maximum Gasteiger partial charge on any atom is 0.410 e. The maximum atomic E-state index is 12.8. The summed E-state index contributed by atoms with van der Waals surface area (Å²) in [6, 6.07) is 3.33. The summed E-state index contributed by atoms with van der Waals surface area (Å²) in [5, 5.41) is -0.563. The van der Waals surface area contributed by atoms with E-state index in [9.17, 15) is 13.2 Å². The quantitative estimate of drug-likeness (QED) is 0.827. The fourth-order valence-corrected chi connectivity index (χ4v) is 4.27. The molecule has 0 aliphatic carbocycles. The number of carbonyl (C=O) groups excluding carboxylic acids is 1. The molecule has 0 radical (unpaired) electrons. The number of hydrogen-bond donors (Lipinski definition) is 0. The summed E-state index contributed by atoms with van der Waals surface area (Å²) in [5.41, 5.74) is 0.249. The Morgan fingerprint density at radius 2 is 2.09 bits per heavy atom. The summed E-state index contributed by atoms with van der Waals surface area (Å²) >= 11 is 0. The van der Waals surface area contributed by atoms with Crippen LogP contribution in [0.4, 0.5) is 4.79 Å². The van der Waals surface area contributed by atoms with Gasteiger partial charge in [-0.3, -0.25) is 0 Å². The molecule has 1 fully saturated rings. The van der Waals surface area contributed by atoms with Crippen molar-refractivity contribution in [2.75, 3.05) is 13.1 Å². The highest BCUT2D eigenvalue weighted by molar-refractivity contribution is 7.92. The summed E-state index contributed by atoms with van der Waals surface area (Å²) in [6.45, 7) is 7.86. The molecule has 0 bridgehead atoms. The molecule has 1 atom stereocenters. The van der Waals surface area contributed by atoms with Crippen molar-refractivity contribution in [2.24, 2.45) is 0 Å². The molecule has 23 heavy (non-hydrogen) atoms. The van der Waals surface area contributed by atoms with Crippen molar-refractivity contribution in [3.05, 3.63) is 23.9 Å². The van der Waals surface area contributed by atoms with Gasteiger partial charge < -0.3 is 9.64 Å². The topological polar surface area (TPSA) is 76.6 Å². The first-order valence-corrected chi connectivity index (χ1v) is 9.29. The van der Waals surface area contributed by atoms with Gasteiger partial charge in [-0.1, -0.05) is 0 Å². The van der Waals surface area contributed by atoms with Crippen LogP contribution in [0.25, 0.3) is 0 Å². The third-order valence-corrected chi connectivity index (χ3v) is 5.72. The van der Waals surface area contributed by atoms with Crippen LogP contribution in [0, 0.1) is 6.92 Å². The number of piperidine rings is 1. The molecule has 1 aliphatic heterocycles. The minimum absolute atomic E-state index is 0.0774. The minimum Gasteiger partial charge on any atom is -0.444 e. The Morgan fingerprint density at radius 1 is 1.39 bits per heavy atom. The SMILES string of the molecule is Cc1ccnc(S(=O)(=O)[C@H]2CCCN(C(=O)OC(C)(C)C)C2)c1. The molecule has 0 aromatic carbocycles. The van der Waals surface area contributed by atoms with E-state index in [1.807, 2.05) is 6.92 Å². The first kappa shape index (κ1) is 17.7. The van der Waals surface area contributed by atoms with Gasteiger partial charge in [0.15, 0.2) is 14.9 Å². The van der Waals surface area contributed by atoms with Crippen LogP contribution in [-0.4, -0.2) is 48.3 Å². The maximum absolute atomic E-state index is 12.8. The molecule has 0 spiro atoms. The lowest BCUT2D eigenvalue weighted by molar-refractivity contribution is 0.0219. The van der Waals surface area contributed by atoms with Crippen LogP contribution >= 0.6 is 0 Å². The van der Waals surface area contributed by atoms with E-state index >= 15 is 0 Å². The molecule has 0 saturated carbocycles. The standard InChI is InChI=1S/C16H24N2O4S/c1-12-7-8-17-14(10-12)23(20,21)13-6-5-9-18(11-13)15(19)22-16(2,3)4/h7-8,10,13H,5-6,9,11H2,1-4H3/t13-/m0/s1. The second-order valence-corrected chi connectivity index (χ2v) is 9.08. The molecule has 1 aromatic rings. The van der Waals surface area contributed by atoms with Gasteiger partial charge >= 0.3 is 6.09 Å². The van der Waals surface area contributed by atoms with Crippen LogP contribution in [0.2, 0.25) is 0 Å². The van der Waals surface area contributed by atoms with Gasteiger partial charge in [-0.25, -0.2) is 18.2 Å². The highest BCUT2D eigenvalue weighted by atomic mass is 32.2. The largest absolute Gasteiger partial charge is 0.444 e. The van der Waals surface area contributed by atoms with E-state index in [0.29, 0.717) is 19.4 Å². The predicted molar refractivity (Wildman–Crippen MR) is 87.0 cm³/mol. The zero-order valence-corrected chi connectivity index (χ0v) is 14.9. The Bertz CT molecular complexity index is 680. The average molecular weight is 340 g/mol. The number of likely N-dealkylation sites (tertiary alicyclic amines) is 1. The summed E-state index contributed by atoms with van der Waals surface area (Å²) in [7, 11) is -3.56. The molecule has 1 aliphatic rings. The number of aromatic nitrogens is 1. The zero-order chi connectivity index (χ0) is 17.3. The Morgan fingerprint density at radius 3 is 2.70 bits per heavy atom. The highest BCUT2D eigenvalue weighted by Gasteiger charge is 2.36. The molecule has 2 rings (SSSR count). The Kier molecular flexibility index (Phi) is 4.98. The summed E-state index contributed by atoms with van der Waals surface area (Å²) in [4.78, 5) is 17.6. The van der Waals surface area contributed by atoms with Crippen LogP contribution in [0.1, 0.15) is 39.2 Å². The molecule has 1 aromatic heterocycles. The van der Waals surface area contributed by atoms with E-state index < -0.39 is 26.8 Å². The normalized spacial score (nSPS) is 19.5. The third-order valence-electron chi connectivity index (χ3n) is 3.65. The average Bonchev–Trinajstić information content (AvgIpc) is 2.45. The molecule has 1 amide bonds. The Balaban J connectivity index is 2.16. The van der Waals surface area contributed by atoms with E-state index in [2.05, 4.69) is 4.98 Å². The van der Waals surface area contributed by atoms with Crippen molar-refractivity contribution in [3.8, 4) is 0 Å². The van der Waals surface area contributed by atoms with Crippen molar-refractivity contribution in [1.29, 1.82) is 0 Å². The summed E-state index contributed by atoms with van der Waals surface area (Å²) in [6.07, 6.45) is 2.19. The summed E-state index contributed by atoms with van der Waals surface area (Å²) < 4.78 is 30.8. The Hall–Kier alpha value is -1.63. The van der Waals surface area contributed by atoms with Crippen molar-refractivity contribution in [2.45, 2.75) is 56.4 Å². The number of aryl methyl sites for hydroxylation is 1. The van der Waals surface area contributed by atoms with E-state index in [-0.39, 0.29) is 11.6 Å². The molecule has 6 nitrogen and oxygen atoms in total. The molecule has 2 heterocycles. The van der Waals surface area contributed by atoms with Crippen LogP contribution in [0.3, 0.4) is 0 Å². The number of pyridine rings is 1. The minimum atomic E-state index is -3.56. The zero-order valence-electron chi connectivity index (χ0n) is 14.1. The first-order chi connectivity index (χ1) is 10.6. The van der Waals surface area contributed by atoms with Gasteiger partial charge in [0.1, 0.15) is 5.60 Å². The summed E-state index contributed by atoms with van der Waals surface area (Å²) in [5.74, 6) is 0. The van der Waals surface area contributed by atoms with Gasteiger partial charge in [-0.15, -0.1) is 0 Å². The second-order valence-electron chi connectivity index (χ2n) is 6.91. The molecule has 7 heteroatoms. The number of hydrogen-bond acceptors (Lipinski definition) is 5. The number of sulfone groups is 1. The molecule has 1 saturated heterocycles. The van der Waals surface area contributed by atoms with Crippen LogP contribution < -0.4 is 0 Å². The number of rotatable bonds is 2. The van der Waals surface area contributed by atoms with Gasteiger partial charge in [-0.2, -0.15) is 0 Å². The van der Waals surface area contributed by atoms with Crippen molar-refractivity contribution in [3.63, 3.8) is 0 Å². The smallest absolute Gasteiger partial charge is 0.410 e. The highest BCUT2D eigenvalue weighted by Crippen LogP contribution is 2.24. The van der Waals surface area contributed by atoms with Crippen LogP contribution in [0.5, 0.6) is 0 Å². The molecule has 0 N–H and O–H groups in total. The van der Waals surface area contributed by atoms with Gasteiger partial charge in [0.05, 0.1) is 5.25 Å². The predicted octanol–water partition coefficient (Wildman–Crippen LogP) is 2.56. The van der Waals surface area contributed by atoms with Gasteiger partial charge in [0.25, 0.3) is 0 Å². The molecule has 128 valence electrons. The van der Waals surface area contributed by atoms with Crippen molar-refractivity contribution < 1.29 is 17.9 Å². The van der Waals surface area contributed by atoms with E-state index in [1.165, 1.54) is 11.1 Å². The number of carbonyl (C=O) groups is 1. The molecular weight excluding hydrogens is 316 g/mol. The Labute approximate surface area is 137 Å². The van der Waals surface area contributed by atoms with Gasteiger partial charge in [-0.05, 0) is 58.2 Å². The fourth-order valence-electron chi connectivity index (χ4n) is 2.52. The van der Waals surface area contributed by atoms with E-state index in [4.69, 9.17) is 4.74 Å². The van der Waals surface area contributed by atoms with Crippen LogP contribution in [0.15, 0.2) is 23.4 Å². The fraction of sp³-hybridized carbons (Fsp3) is 0.625. The second kappa shape index (κ2) is 6.47.